The van der Waals surface area contributed by atoms with Gasteiger partial charge in [-0.05, 0) is 59.6 Å². The van der Waals surface area contributed by atoms with E-state index in [1.54, 1.807) is 13.2 Å². The van der Waals surface area contributed by atoms with E-state index >= 15 is 0 Å². The Morgan fingerprint density at radius 3 is 2.43 bits per heavy atom. The molecule has 3 aromatic carbocycles. The van der Waals surface area contributed by atoms with Crippen LogP contribution in [0.4, 0.5) is 5.69 Å². The predicted molar refractivity (Wildman–Crippen MR) is 118 cm³/mol. The maximum atomic E-state index is 12.7. The lowest BCUT2D eigenvalue weighted by Crippen LogP contribution is -2.44. The number of anilines is 1. The van der Waals surface area contributed by atoms with E-state index in [1.807, 2.05) is 49.4 Å². The minimum Gasteiger partial charge on any atom is -0.496 e. The summed E-state index contributed by atoms with van der Waals surface area (Å²) in [6, 6.07) is 17.5. The molecular weight excluding hydrogens is 370 g/mol. The second-order valence-electron chi connectivity index (χ2n) is 6.40. The van der Waals surface area contributed by atoms with Crippen LogP contribution in [0.15, 0.2) is 54.6 Å². The van der Waals surface area contributed by atoms with Crippen molar-refractivity contribution in [3.63, 3.8) is 0 Å². The monoisotopic (exact) mass is 393 g/mol. The van der Waals surface area contributed by atoms with Crippen molar-refractivity contribution in [2.45, 2.75) is 20.3 Å². The van der Waals surface area contributed by atoms with Crippen LogP contribution in [0, 0.1) is 6.92 Å². The van der Waals surface area contributed by atoms with E-state index < -0.39 is 0 Å². The zero-order valence-electron chi connectivity index (χ0n) is 16.1. The fourth-order valence-corrected chi connectivity index (χ4v) is 3.25. The second-order valence-corrected chi connectivity index (χ2v) is 6.80. The van der Waals surface area contributed by atoms with Crippen LogP contribution in [0.3, 0.4) is 0 Å². The molecule has 0 aliphatic rings. The van der Waals surface area contributed by atoms with Gasteiger partial charge in [-0.1, -0.05) is 49.4 Å². The summed E-state index contributed by atoms with van der Waals surface area (Å²) in [6.45, 7) is 4.10. The minimum absolute atomic E-state index is 0.317. The molecule has 0 fully saturated rings. The average molecular weight is 394 g/mol. The van der Waals surface area contributed by atoms with Crippen LogP contribution in [0.1, 0.15) is 28.4 Å². The van der Waals surface area contributed by atoms with Crippen molar-refractivity contribution in [1.82, 2.24) is 10.9 Å². The lowest BCUT2D eigenvalue weighted by molar-refractivity contribution is 0.0941. The van der Waals surface area contributed by atoms with E-state index in [0.717, 1.165) is 34.0 Å². The number of carbonyl (C=O) groups is 1. The number of amides is 1. The maximum absolute atomic E-state index is 12.7. The van der Waals surface area contributed by atoms with Crippen LogP contribution < -0.4 is 20.9 Å². The van der Waals surface area contributed by atoms with E-state index in [-0.39, 0.29) is 5.91 Å². The molecule has 0 radical (unpaired) electrons. The normalized spacial score (nSPS) is 10.4. The van der Waals surface area contributed by atoms with E-state index in [9.17, 15) is 4.79 Å². The van der Waals surface area contributed by atoms with Crippen LogP contribution in [0.2, 0.25) is 0 Å². The van der Waals surface area contributed by atoms with E-state index in [0.29, 0.717) is 16.4 Å². The number of methoxy groups -OCH3 is 1. The first-order valence-electron chi connectivity index (χ1n) is 9.06. The Hall–Kier alpha value is -3.12. The highest BCUT2D eigenvalue weighted by Crippen LogP contribution is 2.26. The molecule has 0 aliphatic carbocycles. The third-order valence-corrected chi connectivity index (χ3v) is 4.78. The largest absolute Gasteiger partial charge is 0.496 e. The van der Waals surface area contributed by atoms with Gasteiger partial charge in [0.05, 0.1) is 12.7 Å². The Kier molecular flexibility index (Phi) is 6.11. The molecule has 5 nitrogen and oxygen atoms in total. The molecule has 0 heterocycles. The molecule has 1 amide bonds. The highest BCUT2D eigenvalue weighted by molar-refractivity contribution is 7.80. The Bertz CT molecular complexity index is 1030. The topological polar surface area (TPSA) is 62.4 Å². The highest BCUT2D eigenvalue weighted by Gasteiger charge is 2.14. The molecule has 0 saturated heterocycles. The molecule has 0 unspecified atom stereocenters. The van der Waals surface area contributed by atoms with E-state index in [4.69, 9.17) is 17.0 Å². The standard InChI is InChI=1S/C22H23N3O2S/c1-4-15-11-7-8-14(2)20(15)23-22(28)25-24-21(26)18-12-16-9-5-6-10-17(16)13-19(18)27-3/h5-13H,4H2,1-3H3,(H,24,26)(H2,23,25,28). The molecule has 144 valence electrons. The number of thiocarbonyl (C=S) groups is 1. The van der Waals surface area contributed by atoms with Crippen molar-refractivity contribution < 1.29 is 9.53 Å². The van der Waals surface area contributed by atoms with Gasteiger partial charge < -0.3 is 10.1 Å². The quantitative estimate of drug-likeness (QED) is 0.454. The van der Waals surface area contributed by atoms with Gasteiger partial charge in [0.15, 0.2) is 5.11 Å². The van der Waals surface area contributed by atoms with Gasteiger partial charge in [0, 0.05) is 5.69 Å². The number of nitrogens with one attached hydrogen (secondary N) is 3. The first-order valence-corrected chi connectivity index (χ1v) is 9.47. The Morgan fingerprint density at radius 2 is 1.75 bits per heavy atom. The summed E-state index contributed by atoms with van der Waals surface area (Å²) in [5.41, 5.74) is 9.05. The molecule has 3 N–H and O–H groups in total. The molecule has 0 aliphatic heterocycles. The molecular formula is C22H23N3O2S. The van der Waals surface area contributed by atoms with E-state index in [1.165, 1.54) is 0 Å². The maximum Gasteiger partial charge on any atom is 0.273 e. The average Bonchev–Trinajstić information content (AvgIpc) is 2.72. The van der Waals surface area contributed by atoms with Gasteiger partial charge in [-0.15, -0.1) is 0 Å². The van der Waals surface area contributed by atoms with Crippen molar-refractivity contribution in [3.05, 3.63) is 71.3 Å². The number of ether oxygens (including phenoxy) is 1. The van der Waals surface area contributed by atoms with Crippen LogP contribution >= 0.6 is 12.2 Å². The summed E-state index contributed by atoms with van der Waals surface area (Å²) in [5, 5.41) is 5.45. The minimum atomic E-state index is -0.327. The molecule has 0 atom stereocenters. The summed E-state index contributed by atoms with van der Waals surface area (Å²) >= 11 is 5.34. The lowest BCUT2D eigenvalue weighted by atomic mass is 10.1. The van der Waals surface area contributed by atoms with Crippen molar-refractivity contribution >= 4 is 39.7 Å². The smallest absolute Gasteiger partial charge is 0.273 e. The number of benzene rings is 3. The highest BCUT2D eigenvalue weighted by atomic mass is 32.1. The van der Waals surface area contributed by atoms with Gasteiger partial charge in [0.2, 0.25) is 0 Å². The Balaban J connectivity index is 1.72. The van der Waals surface area contributed by atoms with Gasteiger partial charge >= 0.3 is 0 Å². The van der Waals surface area contributed by atoms with E-state index in [2.05, 4.69) is 29.2 Å². The first kappa shape index (κ1) is 19.6. The molecule has 3 aromatic rings. The molecule has 0 spiro atoms. The van der Waals surface area contributed by atoms with Crippen LogP contribution in [-0.4, -0.2) is 18.1 Å². The SMILES string of the molecule is CCc1cccc(C)c1NC(=S)NNC(=O)c1cc2ccccc2cc1OC. The fraction of sp³-hybridized carbons (Fsp3) is 0.182. The second kappa shape index (κ2) is 8.71. The van der Waals surface area contributed by atoms with Crippen LogP contribution in [0.25, 0.3) is 10.8 Å². The number of carbonyl (C=O) groups excluding carboxylic acids is 1. The zero-order valence-corrected chi connectivity index (χ0v) is 16.9. The number of rotatable bonds is 4. The number of para-hydroxylation sites is 1. The number of aryl methyl sites for hydroxylation is 2. The van der Waals surface area contributed by atoms with Gasteiger partial charge in [-0.25, -0.2) is 0 Å². The van der Waals surface area contributed by atoms with Crippen molar-refractivity contribution in [3.8, 4) is 5.75 Å². The number of hydrazine groups is 1. The number of fused-ring (bicyclic) bond motifs is 1. The van der Waals surface area contributed by atoms with Gasteiger partial charge in [-0.3, -0.25) is 15.6 Å². The summed E-state index contributed by atoms with van der Waals surface area (Å²) in [4.78, 5) is 12.7. The third-order valence-electron chi connectivity index (χ3n) is 4.58. The number of hydrogen-bond donors (Lipinski definition) is 3. The van der Waals surface area contributed by atoms with Crippen LogP contribution in [-0.2, 0) is 6.42 Å². The van der Waals surface area contributed by atoms with Gasteiger partial charge in [0.1, 0.15) is 5.75 Å². The first-order chi connectivity index (χ1) is 13.5. The van der Waals surface area contributed by atoms with Gasteiger partial charge in [0.25, 0.3) is 5.91 Å². The molecule has 3 rings (SSSR count). The predicted octanol–water partition coefficient (Wildman–Crippen LogP) is 4.35. The molecule has 0 aromatic heterocycles. The lowest BCUT2D eigenvalue weighted by Gasteiger charge is -2.17. The Morgan fingerprint density at radius 1 is 1.04 bits per heavy atom. The van der Waals surface area contributed by atoms with Crippen molar-refractivity contribution in [2.24, 2.45) is 0 Å². The summed E-state index contributed by atoms with van der Waals surface area (Å²) in [7, 11) is 1.55. The third kappa shape index (κ3) is 4.23. The van der Waals surface area contributed by atoms with Crippen LogP contribution in [0.5, 0.6) is 5.75 Å². The summed E-state index contributed by atoms with van der Waals surface area (Å²) < 4.78 is 5.39. The molecule has 28 heavy (non-hydrogen) atoms. The number of hydrogen-bond acceptors (Lipinski definition) is 3. The van der Waals surface area contributed by atoms with Crippen molar-refractivity contribution in [1.29, 1.82) is 0 Å². The Labute approximate surface area is 170 Å². The van der Waals surface area contributed by atoms with Crippen molar-refractivity contribution in [2.75, 3.05) is 12.4 Å². The molecule has 0 saturated carbocycles. The summed E-state index contributed by atoms with van der Waals surface area (Å²) in [6.07, 6.45) is 0.882. The summed E-state index contributed by atoms with van der Waals surface area (Å²) in [5.74, 6) is 0.177. The molecule has 0 bridgehead atoms. The zero-order chi connectivity index (χ0) is 20.1. The molecule has 6 heteroatoms. The fourth-order valence-electron chi connectivity index (χ4n) is 3.09. The van der Waals surface area contributed by atoms with Gasteiger partial charge in [-0.2, -0.15) is 0 Å².